The lowest BCUT2D eigenvalue weighted by Crippen LogP contribution is -2.21. The molecule has 0 atom stereocenters. The Morgan fingerprint density at radius 1 is 1.19 bits per heavy atom. The van der Waals surface area contributed by atoms with Gasteiger partial charge in [-0.1, -0.05) is 0 Å². The highest BCUT2D eigenvalue weighted by Gasteiger charge is 2.15. The van der Waals surface area contributed by atoms with Crippen LogP contribution in [0.4, 0.5) is 0 Å². The van der Waals surface area contributed by atoms with Crippen LogP contribution in [0.15, 0.2) is 30.9 Å². The van der Waals surface area contributed by atoms with Crippen LogP contribution in [0, 0.1) is 0 Å². The van der Waals surface area contributed by atoms with Gasteiger partial charge in [0.15, 0.2) is 17.2 Å². The monoisotopic (exact) mass is 427 g/mol. The van der Waals surface area contributed by atoms with Crippen molar-refractivity contribution in [3.05, 3.63) is 30.9 Å². The number of methoxy groups -OCH3 is 1. The summed E-state index contributed by atoms with van der Waals surface area (Å²) in [5.41, 5.74) is 0.651. The SMILES string of the molecule is COc1cc2c(Oc3cnn(CC(=O)O)c3)ncnc2cc1OCCCN1CCCC1. The van der Waals surface area contributed by atoms with Crippen LogP contribution in [-0.4, -0.2) is 69.1 Å². The largest absolute Gasteiger partial charge is 0.493 e. The molecule has 1 aliphatic rings. The topological polar surface area (TPSA) is 112 Å². The molecule has 4 rings (SSSR count). The van der Waals surface area contributed by atoms with Crippen LogP contribution in [0.25, 0.3) is 10.9 Å². The Kier molecular flexibility index (Phi) is 6.46. The normalized spacial score (nSPS) is 14.1. The van der Waals surface area contributed by atoms with Crippen LogP contribution in [0.1, 0.15) is 19.3 Å². The molecule has 0 radical (unpaired) electrons. The first-order valence-electron chi connectivity index (χ1n) is 10.2. The molecule has 0 aliphatic carbocycles. The molecule has 0 bridgehead atoms. The number of likely N-dealkylation sites (tertiary alicyclic amines) is 1. The molecule has 164 valence electrons. The number of carbonyl (C=O) groups is 1. The number of ether oxygens (including phenoxy) is 3. The van der Waals surface area contributed by atoms with E-state index in [2.05, 4.69) is 20.0 Å². The summed E-state index contributed by atoms with van der Waals surface area (Å²) in [5.74, 6) is 0.895. The fourth-order valence-electron chi connectivity index (χ4n) is 3.60. The van der Waals surface area contributed by atoms with Crippen molar-refractivity contribution in [3.63, 3.8) is 0 Å². The number of aliphatic carboxylic acids is 1. The first kappa shape index (κ1) is 20.9. The number of hydrogen-bond acceptors (Lipinski definition) is 8. The molecular formula is C21H25N5O5. The van der Waals surface area contributed by atoms with Crippen LogP contribution in [0.3, 0.4) is 0 Å². The molecule has 3 heterocycles. The molecule has 2 aromatic heterocycles. The van der Waals surface area contributed by atoms with Gasteiger partial charge in [0.2, 0.25) is 5.88 Å². The van der Waals surface area contributed by atoms with E-state index in [4.69, 9.17) is 19.3 Å². The molecule has 0 amide bonds. The molecule has 1 fully saturated rings. The number of carboxylic acids is 1. The molecule has 1 aromatic carbocycles. The second-order valence-electron chi connectivity index (χ2n) is 7.32. The third kappa shape index (κ3) is 5.21. The minimum absolute atomic E-state index is 0.250. The van der Waals surface area contributed by atoms with E-state index in [9.17, 15) is 4.79 Å². The fourth-order valence-corrected chi connectivity index (χ4v) is 3.60. The molecule has 0 unspecified atom stereocenters. The molecule has 10 heteroatoms. The summed E-state index contributed by atoms with van der Waals surface area (Å²) in [6, 6.07) is 3.59. The predicted octanol–water partition coefficient (Wildman–Crippen LogP) is 2.58. The van der Waals surface area contributed by atoms with Crippen molar-refractivity contribution in [1.29, 1.82) is 0 Å². The minimum atomic E-state index is -0.986. The van der Waals surface area contributed by atoms with Crippen LogP contribution in [0.5, 0.6) is 23.1 Å². The number of aromatic nitrogens is 4. The van der Waals surface area contributed by atoms with Gasteiger partial charge in [-0.3, -0.25) is 9.48 Å². The summed E-state index contributed by atoms with van der Waals surface area (Å²) in [6.45, 7) is 3.73. The first-order valence-corrected chi connectivity index (χ1v) is 10.2. The van der Waals surface area contributed by atoms with Crippen LogP contribution >= 0.6 is 0 Å². The van der Waals surface area contributed by atoms with Crippen molar-refractivity contribution in [1.82, 2.24) is 24.6 Å². The van der Waals surface area contributed by atoms with Crippen molar-refractivity contribution < 1.29 is 24.1 Å². The number of carboxylic acid groups (broad SMARTS) is 1. The molecule has 10 nitrogen and oxygen atoms in total. The Hall–Kier alpha value is -3.40. The van der Waals surface area contributed by atoms with E-state index in [0.29, 0.717) is 40.6 Å². The third-order valence-corrected chi connectivity index (χ3v) is 5.08. The van der Waals surface area contributed by atoms with Crippen LogP contribution in [0.2, 0.25) is 0 Å². The lowest BCUT2D eigenvalue weighted by molar-refractivity contribution is -0.137. The van der Waals surface area contributed by atoms with Gasteiger partial charge in [-0.2, -0.15) is 5.10 Å². The summed E-state index contributed by atoms with van der Waals surface area (Å²) in [4.78, 5) is 21.8. The summed E-state index contributed by atoms with van der Waals surface area (Å²) < 4.78 is 18.6. The average Bonchev–Trinajstić information content (AvgIpc) is 3.42. The van der Waals surface area contributed by atoms with E-state index in [1.165, 1.54) is 49.3 Å². The van der Waals surface area contributed by atoms with Gasteiger partial charge < -0.3 is 24.2 Å². The molecule has 3 aromatic rings. The highest BCUT2D eigenvalue weighted by molar-refractivity contribution is 5.87. The highest BCUT2D eigenvalue weighted by atomic mass is 16.5. The zero-order valence-electron chi connectivity index (χ0n) is 17.4. The number of hydrogen-bond donors (Lipinski definition) is 1. The maximum Gasteiger partial charge on any atom is 0.325 e. The molecule has 0 saturated carbocycles. The van der Waals surface area contributed by atoms with Crippen molar-refractivity contribution in [2.24, 2.45) is 0 Å². The fraction of sp³-hybridized carbons (Fsp3) is 0.429. The lowest BCUT2D eigenvalue weighted by Gasteiger charge is -2.16. The van der Waals surface area contributed by atoms with Crippen molar-refractivity contribution in [3.8, 4) is 23.1 Å². The Morgan fingerprint density at radius 3 is 2.81 bits per heavy atom. The van der Waals surface area contributed by atoms with E-state index in [1.807, 2.05) is 6.07 Å². The molecular weight excluding hydrogens is 402 g/mol. The second-order valence-corrected chi connectivity index (χ2v) is 7.32. The van der Waals surface area contributed by atoms with Crippen molar-refractivity contribution in [2.75, 3.05) is 33.4 Å². The maximum absolute atomic E-state index is 10.8. The summed E-state index contributed by atoms with van der Waals surface area (Å²) in [7, 11) is 1.58. The van der Waals surface area contributed by atoms with Crippen LogP contribution in [-0.2, 0) is 11.3 Å². The van der Waals surface area contributed by atoms with Gasteiger partial charge in [-0.05, 0) is 38.4 Å². The van der Waals surface area contributed by atoms with Crippen LogP contribution < -0.4 is 14.2 Å². The number of benzene rings is 1. The molecule has 31 heavy (non-hydrogen) atoms. The highest BCUT2D eigenvalue weighted by Crippen LogP contribution is 2.36. The van der Waals surface area contributed by atoms with Gasteiger partial charge >= 0.3 is 5.97 Å². The van der Waals surface area contributed by atoms with E-state index in [0.717, 1.165) is 13.0 Å². The van der Waals surface area contributed by atoms with Gasteiger partial charge in [0.1, 0.15) is 12.9 Å². The third-order valence-electron chi connectivity index (χ3n) is 5.08. The quantitative estimate of drug-likeness (QED) is 0.488. The van der Waals surface area contributed by atoms with Gasteiger partial charge in [0, 0.05) is 12.6 Å². The van der Waals surface area contributed by atoms with E-state index < -0.39 is 5.97 Å². The molecule has 1 N–H and O–H groups in total. The van der Waals surface area contributed by atoms with Crippen molar-refractivity contribution >= 4 is 16.9 Å². The number of nitrogens with zero attached hydrogens (tertiary/aromatic N) is 5. The summed E-state index contributed by atoms with van der Waals surface area (Å²) >= 11 is 0. The Bertz CT molecular complexity index is 1050. The minimum Gasteiger partial charge on any atom is -0.493 e. The molecule has 1 saturated heterocycles. The Labute approximate surface area is 179 Å². The van der Waals surface area contributed by atoms with E-state index in [-0.39, 0.29) is 6.54 Å². The predicted molar refractivity (Wildman–Crippen MR) is 112 cm³/mol. The summed E-state index contributed by atoms with van der Waals surface area (Å²) in [5, 5.41) is 13.5. The zero-order chi connectivity index (χ0) is 21.6. The number of rotatable bonds is 10. The second kappa shape index (κ2) is 9.61. The lowest BCUT2D eigenvalue weighted by atomic mass is 10.2. The standard InChI is InChI=1S/C21H25N5O5/c1-29-18-9-16-17(10-19(18)30-8-4-7-25-5-2-3-6-25)22-14-23-21(16)31-15-11-24-26(12-15)13-20(27)28/h9-12,14H,2-8,13H2,1H3,(H,27,28). The van der Waals surface area contributed by atoms with Gasteiger partial charge in [0.05, 0.1) is 37.0 Å². The molecule has 1 aliphatic heterocycles. The Morgan fingerprint density at radius 2 is 2.03 bits per heavy atom. The van der Waals surface area contributed by atoms with Gasteiger partial charge in [-0.15, -0.1) is 0 Å². The smallest absolute Gasteiger partial charge is 0.325 e. The maximum atomic E-state index is 10.8. The van der Waals surface area contributed by atoms with Gasteiger partial charge in [-0.25, -0.2) is 9.97 Å². The first-order chi connectivity index (χ1) is 15.1. The van der Waals surface area contributed by atoms with E-state index >= 15 is 0 Å². The molecule has 0 spiro atoms. The Balaban J connectivity index is 1.48. The van der Waals surface area contributed by atoms with Gasteiger partial charge in [0.25, 0.3) is 0 Å². The van der Waals surface area contributed by atoms with Crippen molar-refractivity contribution in [2.45, 2.75) is 25.8 Å². The number of fused-ring (bicyclic) bond motifs is 1. The summed E-state index contributed by atoms with van der Waals surface area (Å²) in [6.07, 6.45) is 7.85. The zero-order valence-corrected chi connectivity index (χ0v) is 17.4. The average molecular weight is 427 g/mol. The van der Waals surface area contributed by atoms with E-state index in [1.54, 1.807) is 13.2 Å².